The van der Waals surface area contributed by atoms with Gasteiger partial charge in [-0.25, -0.2) is 0 Å². The fourth-order valence-electron chi connectivity index (χ4n) is 2.16. The first-order valence-electron chi connectivity index (χ1n) is 6.59. The highest BCUT2D eigenvalue weighted by Crippen LogP contribution is 2.41. The van der Waals surface area contributed by atoms with Crippen molar-refractivity contribution >= 4 is 27.7 Å². The molecule has 0 saturated carbocycles. The van der Waals surface area contributed by atoms with Gasteiger partial charge in [0.1, 0.15) is 6.10 Å². The SMILES string of the molecule is CN1OC(c2ccccc2)c2cc(Cl)ccc21.COS(=O)(=O)O. The predicted molar refractivity (Wildman–Crippen MR) is 87.8 cm³/mol. The van der Waals surface area contributed by atoms with E-state index in [2.05, 4.69) is 16.3 Å². The van der Waals surface area contributed by atoms with Crippen LogP contribution in [0.2, 0.25) is 5.02 Å². The van der Waals surface area contributed by atoms with E-state index in [0.29, 0.717) is 0 Å². The maximum atomic E-state index is 9.33. The highest BCUT2D eigenvalue weighted by atomic mass is 35.5. The molecule has 0 saturated heterocycles. The second-order valence-corrected chi connectivity index (χ2v) is 6.32. The molecule has 0 aromatic heterocycles. The van der Waals surface area contributed by atoms with Crippen LogP contribution in [0.15, 0.2) is 48.5 Å². The molecule has 0 spiro atoms. The Labute approximate surface area is 140 Å². The normalized spacial score (nSPS) is 16.5. The molecule has 1 N–H and O–H groups in total. The first-order chi connectivity index (χ1) is 10.8. The van der Waals surface area contributed by atoms with Crippen LogP contribution < -0.4 is 5.06 Å². The summed E-state index contributed by atoms with van der Waals surface area (Å²) >= 11 is 6.05. The number of benzene rings is 2. The van der Waals surface area contributed by atoms with E-state index in [1.54, 1.807) is 5.06 Å². The molecule has 1 aliphatic heterocycles. The van der Waals surface area contributed by atoms with E-state index < -0.39 is 10.4 Å². The number of rotatable bonds is 2. The lowest BCUT2D eigenvalue weighted by Gasteiger charge is -2.13. The van der Waals surface area contributed by atoms with E-state index in [1.807, 2.05) is 43.4 Å². The van der Waals surface area contributed by atoms with Gasteiger partial charge >= 0.3 is 10.4 Å². The van der Waals surface area contributed by atoms with Crippen molar-refractivity contribution in [1.82, 2.24) is 0 Å². The Bertz CT molecular complexity index is 767. The lowest BCUT2D eigenvalue weighted by molar-refractivity contribution is 0.0916. The number of hydroxylamine groups is 1. The smallest absolute Gasteiger partial charge is 0.264 e. The monoisotopic (exact) mass is 357 g/mol. The molecule has 2 aromatic carbocycles. The Balaban J connectivity index is 0.000000277. The number of nitrogens with zero attached hydrogens (tertiary/aromatic N) is 1. The van der Waals surface area contributed by atoms with Crippen molar-refractivity contribution in [3.05, 3.63) is 64.7 Å². The molecule has 124 valence electrons. The van der Waals surface area contributed by atoms with Gasteiger partial charge in [0.25, 0.3) is 0 Å². The van der Waals surface area contributed by atoms with Crippen molar-refractivity contribution in [1.29, 1.82) is 0 Å². The summed E-state index contributed by atoms with van der Waals surface area (Å²) in [5.41, 5.74) is 3.33. The molecule has 2 aromatic rings. The quantitative estimate of drug-likeness (QED) is 0.831. The first-order valence-corrected chi connectivity index (χ1v) is 8.34. The highest BCUT2D eigenvalue weighted by Gasteiger charge is 2.29. The molecule has 8 heteroatoms. The summed E-state index contributed by atoms with van der Waals surface area (Å²) < 4.78 is 29.7. The van der Waals surface area contributed by atoms with Crippen molar-refractivity contribution in [3.8, 4) is 0 Å². The third-order valence-electron chi connectivity index (χ3n) is 3.19. The van der Waals surface area contributed by atoms with Crippen LogP contribution in [0.5, 0.6) is 0 Å². The van der Waals surface area contributed by atoms with E-state index in [-0.39, 0.29) is 6.10 Å². The first kappa shape index (κ1) is 17.7. The molecule has 1 aliphatic rings. The van der Waals surface area contributed by atoms with Gasteiger partial charge in [-0.15, -0.1) is 0 Å². The Morgan fingerprint density at radius 1 is 1.22 bits per heavy atom. The molecule has 3 rings (SSSR count). The highest BCUT2D eigenvalue weighted by molar-refractivity contribution is 7.80. The molecule has 0 bridgehead atoms. The lowest BCUT2D eigenvalue weighted by atomic mass is 10.0. The fourth-order valence-corrected chi connectivity index (χ4v) is 2.34. The van der Waals surface area contributed by atoms with Crippen LogP contribution in [0.4, 0.5) is 5.69 Å². The second kappa shape index (κ2) is 7.29. The zero-order valence-corrected chi connectivity index (χ0v) is 14.1. The van der Waals surface area contributed by atoms with Crippen molar-refractivity contribution in [2.24, 2.45) is 0 Å². The Kier molecular flexibility index (Phi) is 5.61. The third-order valence-corrected chi connectivity index (χ3v) is 3.84. The zero-order chi connectivity index (χ0) is 17.0. The standard InChI is InChI=1S/C14H12ClNO.CH4O4S/c1-16-13-8-7-11(15)9-12(13)14(17-16)10-5-3-2-4-6-10;1-5-6(2,3)4/h2-9,14H,1H3;1H3,(H,2,3,4). The van der Waals surface area contributed by atoms with Crippen LogP contribution in [0, 0.1) is 0 Å². The number of fused-ring (bicyclic) bond motifs is 1. The number of hydrogen-bond donors (Lipinski definition) is 1. The largest absolute Gasteiger partial charge is 0.397 e. The van der Waals surface area contributed by atoms with Crippen molar-refractivity contribution < 1.29 is 22.0 Å². The predicted octanol–water partition coefficient (Wildman–Crippen LogP) is 3.25. The third kappa shape index (κ3) is 4.66. The summed E-state index contributed by atoms with van der Waals surface area (Å²) in [6.07, 6.45) is -0.0603. The lowest BCUT2D eigenvalue weighted by Crippen LogP contribution is -2.12. The van der Waals surface area contributed by atoms with Crippen LogP contribution >= 0.6 is 11.6 Å². The molecule has 0 fully saturated rings. The summed E-state index contributed by atoms with van der Waals surface area (Å²) in [6, 6.07) is 16.0. The van der Waals surface area contributed by atoms with Crippen molar-refractivity contribution in [2.45, 2.75) is 6.10 Å². The minimum atomic E-state index is -4.16. The maximum Gasteiger partial charge on any atom is 0.397 e. The summed E-state index contributed by atoms with van der Waals surface area (Å²) in [5, 5.41) is 2.53. The van der Waals surface area contributed by atoms with Crippen molar-refractivity contribution in [2.75, 3.05) is 19.2 Å². The van der Waals surface area contributed by atoms with Crippen LogP contribution in [0.25, 0.3) is 0 Å². The molecule has 1 heterocycles. The van der Waals surface area contributed by atoms with E-state index in [0.717, 1.165) is 28.9 Å². The molecule has 6 nitrogen and oxygen atoms in total. The fraction of sp³-hybridized carbons (Fsp3) is 0.200. The summed E-state index contributed by atoms with van der Waals surface area (Å²) in [6.45, 7) is 0. The van der Waals surface area contributed by atoms with Crippen molar-refractivity contribution in [3.63, 3.8) is 0 Å². The van der Waals surface area contributed by atoms with Crippen LogP contribution in [-0.2, 0) is 19.4 Å². The molecule has 1 unspecified atom stereocenters. The van der Waals surface area contributed by atoms with Gasteiger partial charge in [0.05, 0.1) is 12.8 Å². The summed E-state index contributed by atoms with van der Waals surface area (Å²) in [4.78, 5) is 5.85. The van der Waals surface area contributed by atoms with Gasteiger partial charge in [-0.05, 0) is 23.8 Å². The zero-order valence-electron chi connectivity index (χ0n) is 12.5. The number of halogens is 1. The molecular formula is C15H16ClNO5S. The van der Waals surface area contributed by atoms with E-state index in [4.69, 9.17) is 21.0 Å². The van der Waals surface area contributed by atoms with Gasteiger partial charge in [0, 0.05) is 17.6 Å². The topological polar surface area (TPSA) is 76.1 Å². The van der Waals surface area contributed by atoms with E-state index in [1.165, 1.54) is 0 Å². The number of hydrogen-bond acceptors (Lipinski definition) is 5. The summed E-state index contributed by atoms with van der Waals surface area (Å²) in [5.74, 6) is 0. The average Bonchev–Trinajstić information content (AvgIpc) is 2.84. The molecule has 23 heavy (non-hydrogen) atoms. The molecule has 1 atom stereocenters. The second-order valence-electron chi connectivity index (χ2n) is 4.69. The van der Waals surface area contributed by atoms with E-state index >= 15 is 0 Å². The van der Waals surface area contributed by atoms with Crippen LogP contribution in [0.1, 0.15) is 17.2 Å². The van der Waals surface area contributed by atoms with Gasteiger partial charge in [0.2, 0.25) is 0 Å². The Hall–Kier alpha value is -1.64. The van der Waals surface area contributed by atoms with Gasteiger partial charge in [-0.1, -0.05) is 41.9 Å². The molecule has 0 radical (unpaired) electrons. The minimum Gasteiger partial charge on any atom is -0.264 e. The van der Waals surface area contributed by atoms with Gasteiger partial charge in [-0.3, -0.25) is 18.6 Å². The molecular weight excluding hydrogens is 342 g/mol. The van der Waals surface area contributed by atoms with Crippen LogP contribution in [-0.4, -0.2) is 27.1 Å². The van der Waals surface area contributed by atoms with Gasteiger partial charge < -0.3 is 0 Å². The average molecular weight is 358 g/mol. The van der Waals surface area contributed by atoms with Crippen LogP contribution in [0.3, 0.4) is 0 Å². The van der Waals surface area contributed by atoms with Gasteiger partial charge in [0.15, 0.2) is 0 Å². The number of anilines is 1. The Morgan fingerprint density at radius 3 is 2.39 bits per heavy atom. The summed E-state index contributed by atoms with van der Waals surface area (Å²) in [7, 11) is -1.38. The maximum absolute atomic E-state index is 9.33. The molecule has 0 amide bonds. The van der Waals surface area contributed by atoms with E-state index in [9.17, 15) is 8.42 Å². The minimum absolute atomic E-state index is 0.0603. The molecule has 0 aliphatic carbocycles. The Morgan fingerprint density at radius 2 is 1.83 bits per heavy atom. The van der Waals surface area contributed by atoms with Gasteiger partial charge in [-0.2, -0.15) is 8.42 Å².